The quantitative estimate of drug-likeness (QED) is 0.631. The average molecular weight is 453 g/mol. The fourth-order valence-corrected chi connectivity index (χ4v) is 4.14. The van der Waals surface area contributed by atoms with Crippen molar-refractivity contribution in [1.29, 1.82) is 0 Å². The number of rotatable bonds is 3. The zero-order chi connectivity index (χ0) is 23.0. The lowest BCUT2D eigenvalue weighted by Crippen LogP contribution is -2.55. The number of pyridine rings is 1. The van der Waals surface area contributed by atoms with Crippen LogP contribution < -0.4 is 5.73 Å². The Morgan fingerprint density at radius 2 is 1.75 bits per heavy atom. The molecule has 32 heavy (non-hydrogen) atoms. The number of hydrogen-bond donors (Lipinski definition) is 2. The number of benzene rings is 2. The first kappa shape index (κ1) is 21.6. The van der Waals surface area contributed by atoms with Crippen molar-refractivity contribution in [1.82, 2.24) is 14.8 Å². The van der Waals surface area contributed by atoms with Gasteiger partial charge in [0.1, 0.15) is 0 Å². The zero-order valence-corrected chi connectivity index (χ0v) is 18.0. The predicted molar refractivity (Wildman–Crippen MR) is 121 cm³/mol. The fraction of sp³-hybridized carbons (Fsp3) is 0.217. The number of amides is 3. The highest BCUT2D eigenvalue weighted by atomic mass is 35.5. The molecule has 1 fully saturated rings. The third kappa shape index (κ3) is 4.09. The van der Waals surface area contributed by atoms with E-state index in [1.54, 1.807) is 60.4 Å². The summed E-state index contributed by atoms with van der Waals surface area (Å²) >= 11 is 6.47. The van der Waals surface area contributed by atoms with Crippen LogP contribution in [0.3, 0.4) is 0 Å². The molecule has 1 unspecified atom stereocenters. The Kier molecular flexibility index (Phi) is 5.71. The number of nitrogens with two attached hydrogens (primary N) is 1. The van der Waals surface area contributed by atoms with Gasteiger partial charge in [-0.1, -0.05) is 29.8 Å². The van der Waals surface area contributed by atoms with E-state index in [1.165, 1.54) is 4.90 Å². The summed E-state index contributed by atoms with van der Waals surface area (Å²) < 4.78 is 0. The molecule has 3 N–H and O–H groups in total. The van der Waals surface area contributed by atoms with Gasteiger partial charge in [0.05, 0.1) is 16.2 Å². The number of fused-ring (bicyclic) bond motifs is 1. The molecule has 2 heterocycles. The molecule has 0 radical (unpaired) electrons. The summed E-state index contributed by atoms with van der Waals surface area (Å²) in [7, 11) is 0. The summed E-state index contributed by atoms with van der Waals surface area (Å²) in [6.07, 6.45) is -0.981. The van der Waals surface area contributed by atoms with Crippen molar-refractivity contribution in [3.63, 3.8) is 0 Å². The number of aromatic nitrogens is 1. The van der Waals surface area contributed by atoms with Crippen LogP contribution in [-0.4, -0.2) is 63.5 Å². The van der Waals surface area contributed by atoms with E-state index in [4.69, 9.17) is 17.3 Å². The first-order valence-electron chi connectivity index (χ1n) is 10.0. The van der Waals surface area contributed by atoms with Gasteiger partial charge in [0, 0.05) is 47.8 Å². The maximum atomic E-state index is 13.1. The molecular weight excluding hydrogens is 432 g/mol. The van der Waals surface area contributed by atoms with E-state index in [-0.39, 0.29) is 18.5 Å². The molecule has 0 spiro atoms. The minimum absolute atomic E-state index is 0.182. The van der Waals surface area contributed by atoms with Crippen molar-refractivity contribution in [2.45, 2.75) is 13.0 Å². The van der Waals surface area contributed by atoms with Gasteiger partial charge in [0.2, 0.25) is 5.91 Å². The van der Waals surface area contributed by atoms with Gasteiger partial charge in [0.25, 0.3) is 5.91 Å². The lowest BCUT2D eigenvalue weighted by Gasteiger charge is -2.38. The smallest absolute Gasteiger partial charge is 0.407 e. The monoisotopic (exact) mass is 452 g/mol. The Morgan fingerprint density at radius 3 is 2.38 bits per heavy atom. The molecule has 9 heteroatoms. The summed E-state index contributed by atoms with van der Waals surface area (Å²) in [6, 6.07) is 13.3. The van der Waals surface area contributed by atoms with Crippen molar-refractivity contribution in [2.75, 3.05) is 19.6 Å². The third-order valence-corrected chi connectivity index (χ3v) is 5.94. The van der Waals surface area contributed by atoms with Gasteiger partial charge in [-0.15, -0.1) is 0 Å². The maximum Gasteiger partial charge on any atom is 0.407 e. The van der Waals surface area contributed by atoms with Crippen LogP contribution in [0.1, 0.15) is 27.6 Å². The SMILES string of the molecule is CC1CN(C(=O)c2ccc3c(Cl)cc(-c4ccc(C(N)=O)cc4)nc3c2)CCN1C(=O)O. The predicted octanol–water partition coefficient (Wildman–Crippen LogP) is 3.48. The summed E-state index contributed by atoms with van der Waals surface area (Å²) in [6.45, 7) is 2.70. The Hall–Kier alpha value is -3.65. The third-order valence-electron chi connectivity index (χ3n) is 5.63. The molecule has 1 aliphatic rings. The van der Waals surface area contributed by atoms with E-state index < -0.39 is 12.0 Å². The van der Waals surface area contributed by atoms with Crippen LogP contribution in [0.15, 0.2) is 48.5 Å². The molecule has 1 atom stereocenters. The number of carboxylic acid groups (broad SMARTS) is 1. The van der Waals surface area contributed by atoms with Crippen molar-refractivity contribution in [3.05, 3.63) is 64.7 Å². The number of nitrogens with zero attached hydrogens (tertiary/aromatic N) is 3. The number of hydrogen-bond acceptors (Lipinski definition) is 4. The molecule has 0 saturated carbocycles. The summed E-state index contributed by atoms with van der Waals surface area (Å²) in [5, 5.41) is 10.4. The van der Waals surface area contributed by atoms with Gasteiger partial charge < -0.3 is 20.6 Å². The molecule has 1 saturated heterocycles. The number of halogens is 1. The highest BCUT2D eigenvalue weighted by Crippen LogP contribution is 2.29. The highest BCUT2D eigenvalue weighted by Gasteiger charge is 2.30. The van der Waals surface area contributed by atoms with Gasteiger partial charge in [-0.05, 0) is 37.3 Å². The van der Waals surface area contributed by atoms with E-state index in [2.05, 4.69) is 4.98 Å². The Bertz CT molecular complexity index is 1230. The minimum Gasteiger partial charge on any atom is -0.465 e. The Labute approximate surface area is 189 Å². The average Bonchev–Trinajstić information content (AvgIpc) is 2.77. The standard InChI is InChI=1S/C23H21ClN4O4/c1-13-12-27(8-9-28(13)23(31)32)22(30)16-6-7-17-18(24)11-19(26-20(17)10-16)14-2-4-15(5-3-14)21(25)29/h2-7,10-11,13H,8-9,12H2,1H3,(H2,25,29)(H,31,32). The van der Waals surface area contributed by atoms with E-state index in [1.807, 2.05) is 0 Å². The second-order valence-corrected chi connectivity index (χ2v) is 8.15. The molecule has 0 aliphatic carbocycles. The molecule has 3 aromatic rings. The van der Waals surface area contributed by atoms with Gasteiger partial charge >= 0.3 is 6.09 Å². The fourth-order valence-electron chi connectivity index (χ4n) is 3.88. The summed E-state index contributed by atoms with van der Waals surface area (Å²) in [5.74, 6) is -0.694. The number of carbonyl (C=O) groups is 3. The van der Waals surface area contributed by atoms with E-state index in [9.17, 15) is 19.5 Å². The number of carbonyl (C=O) groups excluding carboxylic acids is 2. The van der Waals surface area contributed by atoms with Crippen LogP contribution in [0, 0.1) is 0 Å². The van der Waals surface area contributed by atoms with Crippen molar-refractivity contribution in [2.24, 2.45) is 5.73 Å². The zero-order valence-electron chi connectivity index (χ0n) is 17.3. The van der Waals surface area contributed by atoms with Crippen LogP contribution in [-0.2, 0) is 0 Å². The van der Waals surface area contributed by atoms with E-state index >= 15 is 0 Å². The second-order valence-electron chi connectivity index (χ2n) is 7.74. The van der Waals surface area contributed by atoms with Gasteiger partial charge in [-0.3, -0.25) is 9.59 Å². The second kappa shape index (κ2) is 8.47. The van der Waals surface area contributed by atoms with Crippen LogP contribution in [0.2, 0.25) is 5.02 Å². The van der Waals surface area contributed by atoms with Crippen molar-refractivity contribution >= 4 is 40.4 Å². The number of piperazine rings is 1. The summed E-state index contributed by atoms with van der Waals surface area (Å²) in [5.41, 5.74) is 8.07. The summed E-state index contributed by atoms with van der Waals surface area (Å²) in [4.78, 5) is 43.3. The van der Waals surface area contributed by atoms with Crippen LogP contribution >= 0.6 is 11.6 Å². The van der Waals surface area contributed by atoms with E-state index in [0.717, 1.165) is 5.56 Å². The highest BCUT2D eigenvalue weighted by molar-refractivity contribution is 6.35. The molecule has 0 bridgehead atoms. The maximum absolute atomic E-state index is 13.1. The van der Waals surface area contributed by atoms with Crippen LogP contribution in [0.4, 0.5) is 4.79 Å². The first-order valence-corrected chi connectivity index (χ1v) is 10.4. The topological polar surface area (TPSA) is 117 Å². The number of primary amides is 1. The molecule has 3 amide bonds. The molecule has 8 nitrogen and oxygen atoms in total. The lowest BCUT2D eigenvalue weighted by molar-refractivity contribution is 0.0507. The first-order chi connectivity index (χ1) is 15.2. The normalized spacial score (nSPS) is 16.2. The molecule has 1 aromatic heterocycles. The minimum atomic E-state index is -0.981. The van der Waals surface area contributed by atoms with Crippen LogP contribution in [0.5, 0.6) is 0 Å². The van der Waals surface area contributed by atoms with Crippen molar-refractivity contribution in [3.8, 4) is 11.3 Å². The lowest BCUT2D eigenvalue weighted by atomic mass is 10.1. The molecular formula is C23H21ClN4O4. The van der Waals surface area contributed by atoms with Gasteiger partial charge in [-0.2, -0.15) is 0 Å². The largest absolute Gasteiger partial charge is 0.465 e. The molecule has 2 aromatic carbocycles. The molecule has 4 rings (SSSR count). The molecule has 164 valence electrons. The van der Waals surface area contributed by atoms with Gasteiger partial charge in [-0.25, -0.2) is 9.78 Å². The Morgan fingerprint density at radius 1 is 1.06 bits per heavy atom. The van der Waals surface area contributed by atoms with Crippen LogP contribution in [0.25, 0.3) is 22.2 Å². The van der Waals surface area contributed by atoms with Crippen molar-refractivity contribution < 1.29 is 19.5 Å². The Balaban J connectivity index is 1.64. The molecule has 1 aliphatic heterocycles. The van der Waals surface area contributed by atoms with Gasteiger partial charge in [0.15, 0.2) is 0 Å². The van der Waals surface area contributed by atoms with E-state index in [0.29, 0.717) is 45.8 Å².